The van der Waals surface area contributed by atoms with Gasteiger partial charge in [-0.05, 0) is 18.9 Å². The fourth-order valence-electron chi connectivity index (χ4n) is 2.28. The minimum atomic E-state index is -0.581. The maximum absolute atomic E-state index is 12.2. The highest BCUT2D eigenvalue weighted by atomic mass is 35.5. The van der Waals surface area contributed by atoms with E-state index in [4.69, 9.17) is 32.5 Å². The summed E-state index contributed by atoms with van der Waals surface area (Å²) in [5.41, 5.74) is 11.5. The monoisotopic (exact) mass is 363 g/mol. The van der Waals surface area contributed by atoms with Crippen molar-refractivity contribution < 1.29 is 19.1 Å². The van der Waals surface area contributed by atoms with E-state index >= 15 is 0 Å². The quantitative estimate of drug-likeness (QED) is 0.677. The summed E-state index contributed by atoms with van der Waals surface area (Å²) in [6, 6.07) is 2.94. The lowest BCUT2D eigenvalue weighted by molar-refractivity contribution is -0.128. The smallest absolute Gasteiger partial charge is 0.255 e. The number of nitrogen functional groups attached to an aromatic ring is 1. The molecule has 5 N–H and O–H groups in total. The number of methoxy groups -OCH3 is 1. The Balaban J connectivity index is 0.00000264. The maximum atomic E-state index is 12.2. The molecule has 1 aromatic rings. The highest BCUT2D eigenvalue weighted by Crippen LogP contribution is 2.28. The van der Waals surface area contributed by atoms with E-state index in [0.29, 0.717) is 24.3 Å². The van der Waals surface area contributed by atoms with Crippen molar-refractivity contribution in [3.05, 3.63) is 22.7 Å². The van der Waals surface area contributed by atoms with Gasteiger partial charge in [0.2, 0.25) is 5.91 Å². The summed E-state index contributed by atoms with van der Waals surface area (Å²) in [5.74, 6) is -0.507. The first kappa shape index (κ1) is 19.3. The van der Waals surface area contributed by atoms with Crippen LogP contribution in [0.2, 0.25) is 5.02 Å². The molecule has 1 saturated heterocycles. The van der Waals surface area contributed by atoms with Gasteiger partial charge in [-0.15, -0.1) is 12.4 Å². The standard InChI is InChI=1S/C14H18ClN3O4.ClH/c1-21-12-5-10(16)9(15)4-8(12)14(20)18-6-7-2-3-11(22-7)13(17)19;/h4-5,7,11H,2-3,6,16H2,1H3,(H2,17,19)(H,18,20);1H. The first-order chi connectivity index (χ1) is 10.4. The van der Waals surface area contributed by atoms with Gasteiger partial charge in [-0.25, -0.2) is 0 Å². The third-order valence-corrected chi connectivity index (χ3v) is 3.81. The van der Waals surface area contributed by atoms with E-state index in [1.165, 1.54) is 19.2 Å². The number of carbonyl (C=O) groups excluding carboxylic acids is 2. The highest BCUT2D eigenvalue weighted by molar-refractivity contribution is 6.33. The zero-order valence-corrected chi connectivity index (χ0v) is 14.1. The van der Waals surface area contributed by atoms with Gasteiger partial charge in [0.05, 0.1) is 29.5 Å². The van der Waals surface area contributed by atoms with Crippen LogP contribution in [0.5, 0.6) is 5.75 Å². The molecule has 1 aromatic carbocycles. The van der Waals surface area contributed by atoms with Crippen molar-refractivity contribution in [3.63, 3.8) is 0 Å². The molecular formula is C14H19Cl2N3O4. The Morgan fingerprint density at radius 2 is 2.13 bits per heavy atom. The number of anilines is 1. The van der Waals surface area contributed by atoms with Crippen LogP contribution in [0.25, 0.3) is 0 Å². The molecular weight excluding hydrogens is 345 g/mol. The number of halogens is 2. The third kappa shape index (κ3) is 4.63. The fraction of sp³-hybridized carbons (Fsp3) is 0.429. The maximum Gasteiger partial charge on any atom is 0.255 e. The van der Waals surface area contributed by atoms with E-state index in [0.717, 1.165) is 0 Å². The number of hydrogen-bond acceptors (Lipinski definition) is 5. The van der Waals surface area contributed by atoms with E-state index < -0.39 is 12.0 Å². The van der Waals surface area contributed by atoms with E-state index in [-0.39, 0.29) is 41.5 Å². The van der Waals surface area contributed by atoms with E-state index in [1.807, 2.05) is 0 Å². The Kier molecular flexibility index (Phi) is 6.93. The predicted octanol–water partition coefficient (Wildman–Crippen LogP) is 1.12. The largest absolute Gasteiger partial charge is 0.496 e. The molecule has 2 amide bonds. The van der Waals surface area contributed by atoms with Crippen LogP contribution < -0.4 is 21.5 Å². The lowest BCUT2D eigenvalue weighted by atomic mass is 10.1. The molecule has 23 heavy (non-hydrogen) atoms. The minimum absolute atomic E-state index is 0. The molecule has 128 valence electrons. The van der Waals surface area contributed by atoms with Crippen LogP contribution in [0.4, 0.5) is 5.69 Å². The Labute approximate surface area is 145 Å². The molecule has 2 unspecified atom stereocenters. The third-order valence-electron chi connectivity index (χ3n) is 3.48. The number of ether oxygens (including phenoxy) is 2. The van der Waals surface area contributed by atoms with Crippen LogP contribution in [0.1, 0.15) is 23.2 Å². The second kappa shape index (κ2) is 8.24. The summed E-state index contributed by atoms with van der Waals surface area (Å²) in [6.45, 7) is 0.272. The molecule has 1 aliphatic rings. The van der Waals surface area contributed by atoms with Crippen molar-refractivity contribution in [1.29, 1.82) is 0 Å². The first-order valence-corrected chi connectivity index (χ1v) is 7.16. The Bertz CT molecular complexity index is 598. The number of primary amides is 1. The van der Waals surface area contributed by atoms with Crippen LogP contribution in [0, 0.1) is 0 Å². The van der Waals surface area contributed by atoms with Crippen molar-refractivity contribution in [2.75, 3.05) is 19.4 Å². The summed E-state index contributed by atoms with van der Waals surface area (Å²) in [5, 5.41) is 3.00. The van der Waals surface area contributed by atoms with Crippen molar-refractivity contribution in [2.24, 2.45) is 5.73 Å². The van der Waals surface area contributed by atoms with Gasteiger partial charge in [0.1, 0.15) is 11.9 Å². The van der Waals surface area contributed by atoms with E-state index in [2.05, 4.69) is 5.32 Å². The average molecular weight is 364 g/mol. The number of nitrogens with two attached hydrogens (primary N) is 2. The molecule has 0 bridgehead atoms. The SMILES string of the molecule is COc1cc(N)c(Cl)cc1C(=O)NCC1CCC(C(N)=O)O1.Cl. The molecule has 7 nitrogen and oxygen atoms in total. The topological polar surface area (TPSA) is 117 Å². The van der Waals surface area contributed by atoms with Gasteiger partial charge in [-0.2, -0.15) is 0 Å². The molecule has 0 spiro atoms. The molecule has 0 aromatic heterocycles. The van der Waals surface area contributed by atoms with Crippen LogP contribution in [0.3, 0.4) is 0 Å². The summed E-state index contributed by atoms with van der Waals surface area (Å²) >= 11 is 5.93. The zero-order valence-electron chi connectivity index (χ0n) is 12.5. The summed E-state index contributed by atoms with van der Waals surface area (Å²) in [4.78, 5) is 23.2. The molecule has 1 heterocycles. The van der Waals surface area contributed by atoms with Crippen LogP contribution in [-0.2, 0) is 9.53 Å². The Hall–Kier alpha value is -1.70. The van der Waals surface area contributed by atoms with Gasteiger partial charge < -0.3 is 26.3 Å². The van der Waals surface area contributed by atoms with Crippen molar-refractivity contribution in [3.8, 4) is 5.75 Å². The molecule has 2 atom stereocenters. The van der Waals surface area contributed by atoms with Gasteiger partial charge in [-0.3, -0.25) is 9.59 Å². The molecule has 1 aliphatic heterocycles. The predicted molar refractivity (Wildman–Crippen MR) is 89.1 cm³/mol. The lowest BCUT2D eigenvalue weighted by Crippen LogP contribution is -2.34. The molecule has 9 heteroatoms. The lowest BCUT2D eigenvalue weighted by Gasteiger charge is -2.14. The summed E-state index contributed by atoms with van der Waals surface area (Å²) in [6.07, 6.45) is 0.402. The minimum Gasteiger partial charge on any atom is -0.496 e. The van der Waals surface area contributed by atoms with Crippen LogP contribution in [-0.4, -0.2) is 37.7 Å². The number of amides is 2. The van der Waals surface area contributed by atoms with E-state index in [9.17, 15) is 9.59 Å². The van der Waals surface area contributed by atoms with E-state index in [1.54, 1.807) is 0 Å². The number of carbonyl (C=O) groups is 2. The van der Waals surface area contributed by atoms with Crippen molar-refractivity contribution in [1.82, 2.24) is 5.32 Å². The first-order valence-electron chi connectivity index (χ1n) is 6.78. The highest BCUT2D eigenvalue weighted by Gasteiger charge is 2.29. The van der Waals surface area contributed by atoms with Gasteiger partial charge >= 0.3 is 0 Å². The van der Waals surface area contributed by atoms with Gasteiger partial charge in [0.25, 0.3) is 5.91 Å². The number of benzene rings is 1. The number of rotatable bonds is 5. The van der Waals surface area contributed by atoms with Gasteiger partial charge in [0.15, 0.2) is 0 Å². The Morgan fingerprint density at radius 1 is 1.43 bits per heavy atom. The molecule has 1 fully saturated rings. The van der Waals surface area contributed by atoms with Crippen molar-refractivity contribution in [2.45, 2.75) is 25.0 Å². The average Bonchev–Trinajstić information content (AvgIpc) is 2.96. The fourth-order valence-corrected chi connectivity index (χ4v) is 2.45. The van der Waals surface area contributed by atoms with Crippen LogP contribution in [0.15, 0.2) is 12.1 Å². The normalized spacial score (nSPS) is 19.7. The zero-order chi connectivity index (χ0) is 16.3. The molecule has 2 rings (SSSR count). The Morgan fingerprint density at radius 3 is 2.70 bits per heavy atom. The summed E-state index contributed by atoms with van der Waals surface area (Å²) < 4.78 is 10.6. The molecule has 0 aliphatic carbocycles. The summed E-state index contributed by atoms with van der Waals surface area (Å²) in [7, 11) is 1.44. The van der Waals surface area contributed by atoms with Gasteiger partial charge in [0, 0.05) is 12.6 Å². The second-order valence-electron chi connectivity index (χ2n) is 5.01. The molecule has 0 saturated carbocycles. The van der Waals surface area contributed by atoms with Crippen molar-refractivity contribution >= 4 is 41.5 Å². The number of nitrogens with one attached hydrogen (secondary N) is 1. The van der Waals surface area contributed by atoms with Crippen LogP contribution >= 0.6 is 24.0 Å². The molecule has 0 radical (unpaired) electrons. The second-order valence-corrected chi connectivity index (χ2v) is 5.42. The van der Waals surface area contributed by atoms with Gasteiger partial charge in [-0.1, -0.05) is 11.6 Å². The number of hydrogen-bond donors (Lipinski definition) is 3.